The van der Waals surface area contributed by atoms with Crippen LogP contribution in [0.5, 0.6) is 0 Å². The largest absolute Gasteiger partial charge is 0.355 e. The number of halogens is 1. The van der Waals surface area contributed by atoms with Crippen molar-refractivity contribution in [3.8, 4) is 0 Å². The molecule has 0 radical (unpaired) electrons. The smallest absolute Gasteiger partial charge is 0.255 e. The summed E-state index contributed by atoms with van der Waals surface area (Å²) in [6.45, 7) is 0. The lowest BCUT2D eigenvalue weighted by Crippen LogP contribution is -2.12. The number of amides is 1. The highest BCUT2D eigenvalue weighted by Crippen LogP contribution is 2.26. The van der Waals surface area contributed by atoms with Gasteiger partial charge in [0.2, 0.25) is 0 Å². The standard InChI is InChI=1S/C27H20FN5O/c28-19-16-24-25(30-17-19)5-2-6-26(24)32-23-4-1-3-18(15-23)27(34)33-21-9-7-20(8-10-21)31-22-11-13-29-14-12-22/h1-17,32H,(H,29,31)(H,33,34). The summed E-state index contributed by atoms with van der Waals surface area (Å²) in [5.41, 5.74) is 5.10. The molecule has 0 aliphatic rings. The van der Waals surface area contributed by atoms with Crippen LogP contribution in [0.2, 0.25) is 0 Å². The Morgan fingerprint density at radius 2 is 1.47 bits per heavy atom. The summed E-state index contributed by atoms with van der Waals surface area (Å²) in [5, 5.41) is 10.1. The van der Waals surface area contributed by atoms with Gasteiger partial charge in [-0.3, -0.25) is 14.8 Å². The summed E-state index contributed by atoms with van der Waals surface area (Å²) in [5.74, 6) is -0.638. The summed E-state index contributed by atoms with van der Waals surface area (Å²) in [6.07, 6.45) is 4.63. The Bertz CT molecular complexity index is 1460. The number of carbonyl (C=O) groups excluding carboxylic acids is 1. The van der Waals surface area contributed by atoms with Crippen molar-refractivity contribution >= 4 is 45.2 Å². The quantitative estimate of drug-likeness (QED) is 0.275. The van der Waals surface area contributed by atoms with E-state index in [2.05, 4.69) is 25.9 Å². The number of anilines is 5. The van der Waals surface area contributed by atoms with Crippen molar-refractivity contribution in [1.29, 1.82) is 0 Å². The van der Waals surface area contributed by atoms with Gasteiger partial charge in [0, 0.05) is 51.8 Å². The monoisotopic (exact) mass is 449 g/mol. The first-order chi connectivity index (χ1) is 16.6. The van der Waals surface area contributed by atoms with Crippen LogP contribution in [0.25, 0.3) is 10.9 Å². The van der Waals surface area contributed by atoms with E-state index in [-0.39, 0.29) is 5.91 Å². The molecule has 1 amide bonds. The lowest BCUT2D eigenvalue weighted by molar-refractivity contribution is 0.102. The Balaban J connectivity index is 1.29. The summed E-state index contributed by atoms with van der Waals surface area (Å²) < 4.78 is 13.7. The summed E-state index contributed by atoms with van der Waals surface area (Å²) >= 11 is 0. The van der Waals surface area contributed by atoms with Gasteiger partial charge < -0.3 is 16.0 Å². The molecule has 0 spiro atoms. The zero-order valence-corrected chi connectivity index (χ0v) is 18.0. The highest BCUT2D eigenvalue weighted by Gasteiger charge is 2.09. The van der Waals surface area contributed by atoms with Crippen molar-refractivity contribution in [3.63, 3.8) is 0 Å². The van der Waals surface area contributed by atoms with E-state index in [1.807, 2.05) is 60.7 Å². The van der Waals surface area contributed by atoms with Crippen molar-refractivity contribution < 1.29 is 9.18 Å². The van der Waals surface area contributed by atoms with Gasteiger partial charge in [-0.1, -0.05) is 12.1 Å². The highest BCUT2D eigenvalue weighted by atomic mass is 19.1. The minimum atomic E-state index is -0.406. The molecule has 3 aromatic carbocycles. The van der Waals surface area contributed by atoms with E-state index in [0.29, 0.717) is 33.5 Å². The number of pyridine rings is 2. The van der Waals surface area contributed by atoms with Crippen LogP contribution in [0, 0.1) is 5.82 Å². The van der Waals surface area contributed by atoms with Gasteiger partial charge in [0.1, 0.15) is 5.82 Å². The molecule has 2 heterocycles. The first-order valence-corrected chi connectivity index (χ1v) is 10.6. The van der Waals surface area contributed by atoms with Gasteiger partial charge in [-0.2, -0.15) is 0 Å². The zero-order chi connectivity index (χ0) is 23.3. The van der Waals surface area contributed by atoms with Crippen molar-refractivity contribution in [2.45, 2.75) is 0 Å². The lowest BCUT2D eigenvalue weighted by Gasteiger charge is -2.12. The first kappa shape index (κ1) is 21.1. The van der Waals surface area contributed by atoms with Gasteiger partial charge in [0.25, 0.3) is 5.91 Å². The number of hydrogen-bond donors (Lipinski definition) is 3. The zero-order valence-electron chi connectivity index (χ0n) is 18.0. The van der Waals surface area contributed by atoms with Crippen LogP contribution in [0.3, 0.4) is 0 Å². The number of aromatic nitrogens is 2. The number of hydrogen-bond acceptors (Lipinski definition) is 5. The summed E-state index contributed by atoms with van der Waals surface area (Å²) in [7, 11) is 0. The number of nitrogens with one attached hydrogen (secondary N) is 3. The van der Waals surface area contributed by atoms with E-state index < -0.39 is 5.82 Å². The number of fused-ring (bicyclic) bond motifs is 1. The maximum absolute atomic E-state index is 13.7. The average Bonchev–Trinajstić information content (AvgIpc) is 2.86. The maximum atomic E-state index is 13.7. The molecule has 7 heteroatoms. The minimum absolute atomic E-state index is 0.232. The Kier molecular flexibility index (Phi) is 5.82. The van der Waals surface area contributed by atoms with Crippen molar-refractivity contribution in [1.82, 2.24) is 9.97 Å². The molecule has 166 valence electrons. The second-order valence-electron chi connectivity index (χ2n) is 7.62. The number of benzene rings is 3. The first-order valence-electron chi connectivity index (χ1n) is 10.6. The molecule has 0 unspecified atom stereocenters. The molecule has 0 saturated carbocycles. The van der Waals surface area contributed by atoms with Crippen LogP contribution in [0.15, 0.2) is 104 Å². The Morgan fingerprint density at radius 1 is 0.735 bits per heavy atom. The van der Waals surface area contributed by atoms with Crippen LogP contribution in [-0.4, -0.2) is 15.9 Å². The Hall–Kier alpha value is -4.78. The van der Waals surface area contributed by atoms with Gasteiger partial charge in [-0.15, -0.1) is 0 Å². The fraction of sp³-hybridized carbons (Fsp3) is 0. The molecular weight excluding hydrogens is 429 g/mol. The number of nitrogens with zero attached hydrogens (tertiary/aromatic N) is 2. The molecule has 0 bridgehead atoms. The van der Waals surface area contributed by atoms with E-state index in [9.17, 15) is 9.18 Å². The van der Waals surface area contributed by atoms with Crippen LogP contribution >= 0.6 is 0 Å². The topological polar surface area (TPSA) is 78.9 Å². The molecule has 2 aromatic heterocycles. The highest BCUT2D eigenvalue weighted by molar-refractivity contribution is 6.05. The number of rotatable bonds is 6. The predicted octanol–water partition coefficient (Wildman–Crippen LogP) is 6.51. The third kappa shape index (κ3) is 4.83. The van der Waals surface area contributed by atoms with Crippen molar-refractivity contribution in [2.75, 3.05) is 16.0 Å². The molecular formula is C27H20FN5O. The predicted molar refractivity (Wildman–Crippen MR) is 133 cm³/mol. The van der Waals surface area contributed by atoms with E-state index >= 15 is 0 Å². The normalized spacial score (nSPS) is 10.6. The Morgan fingerprint density at radius 3 is 2.29 bits per heavy atom. The van der Waals surface area contributed by atoms with Gasteiger partial charge in [0.05, 0.1) is 11.7 Å². The third-order valence-electron chi connectivity index (χ3n) is 5.21. The van der Waals surface area contributed by atoms with Crippen LogP contribution in [-0.2, 0) is 0 Å². The van der Waals surface area contributed by atoms with Crippen LogP contribution in [0.4, 0.5) is 32.8 Å². The van der Waals surface area contributed by atoms with Gasteiger partial charge in [-0.25, -0.2) is 4.39 Å². The average molecular weight is 449 g/mol. The number of carbonyl (C=O) groups is 1. The molecule has 5 aromatic rings. The molecule has 34 heavy (non-hydrogen) atoms. The lowest BCUT2D eigenvalue weighted by atomic mass is 10.1. The van der Waals surface area contributed by atoms with E-state index in [4.69, 9.17) is 0 Å². The van der Waals surface area contributed by atoms with Gasteiger partial charge >= 0.3 is 0 Å². The molecule has 6 nitrogen and oxygen atoms in total. The second kappa shape index (κ2) is 9.38. The molecule has 0 saturated heterocycles. The van der Waals surface area contributed by atoms with Crippen LogP contribution in [0.1, 0.15) is 10.4 Å². The van der Waals surface area contributed by atoms with Crippen LogP contribution < -0.4 is 16.0 Å². The molecule has 0 aliphatic heterocycles. The Labute approximate surface area is 195 Å². The van der Waals surface area contributed by atoms with Crippen molar-refractivity contribution in [3.05, 3.63) is 115 Å². The van der Waals surface area contributed by atoms with E-state index in [1.165, 1.54) is 12.3 Å². The molecule has 0 atom stereocenters. The minimum Gasteiger partial charge on any atom is -0.355 e. The van der Waals surface area contributed by atoms with Gasteiger partial charge in [-0.05, 0) is 72.8 Å². The fourth-order valence-electron chi connectivity index (χ4n) is 3.57. The molecule has 0 fully saturated rings. The molecule has 0 aliphatic carbocycles. The summed E-state index contributed by atoms with van der Waals surface area (Å²) in [6, 6.07) is 25.3. The van der Waals surface area contributed by atoms with E-state index in [1.54, 1.807) is 30.6 Å². The maximum Gasteiger partial charge on any atom is 0.255 e. The third-order valence-corrected chi connectivity index (χ3v) is 5.21. The molecule has 3 N–H and O–H groups in total. The summed E-state index contributed by atoms with van der Waals surface area (Å²) in [4.78, 5) is 20.9. The SMILES string of the molecule is O=C(Nc1ccc(Nc2ccncc2)cc1)c1cccc(Nc2cccc3ncc(F)cc23)c1. The van der Waals surface area contributed by atoms with Gasteiger partial charge in [0.15, 0.2) is 0 Å². The second-order valence-corrected chi connectivity index (χ2v) is 7.62. The van der Waals surface area contributed by atoms with E-state index in [0.717, 1.165) is 11.4 Å². The molecule has 5 rings (SSSR count). The van der Waals surface area contributed by atoms with Crippen molar-refractivity contribution in [2.24, 2.45) is 0 Å². The fourth-order valence-corrected chi connectivity index (χ4v) is 3.57.